The van der Waals surface area contributed by atoms with Crippen LogP contribution in [0.4, 0.5) is 5.69 Å². The average Bonchev–Trinajstić information content (AvgIpc) is 3.16. The first-order valence-electron chi connectivity index (χ1n) is 11.4. The number of nitriles is 1. The summed E-state index contributed by atoms with van der Waals surface area (Å²) in [4.78, 5) is 30.3. The predicted molar refractivity (Wildman–Crippen MR) is 142 cm³/mol. The number of hydrogen-bond donors (Lipinski definition) is 1. The summed E-state index contributed by atoms with van der Waals surface area (Å²) in [5, 5.41) is 18.8. The molecule has 0 spiro atoms. The van der Waals surface area contributed by atoms with E-state index in [-0.39, 0.29) is 18.1 Å². The number of amides is 1. The quantitative estimate of drug-likeness (QED) is 0.398. The molecule has 8 nitrogen and oxygen atoms in total. The van der Waals surface area contributed by atoms with Gasteiger partial charge in [-0.15, -0.1) is 0 Å². The standard InChI is InChI=1S/C28H23N3O5S/c1-3-35-24-14-18(8-13-23(24)36-17-21-7-5-4-6-20(21)16-29)15-25-26(32)31(2)28(37-25)30-22-11-9-19(10-12-22)27(33)34/h4-15H,3,17H2,1-2H3,(H,33,34). The van der Waals surface area contributed by atoms with Crippen LogP contribution in [0.5, 0.6) is 11.5 Å². The smallest absolute Gasteiger partial charge is 0.335 e. The van der Waals surface area contributed by atoms with E-state index in [4.69, 9.17) is 14.6 Å². The van der Waals surface area contributed by atoms with E-state index in [0.29, 0.717) is 39.4 Å². The van der Waals surface area contributed by atoms with Gasteiger partial charge in [-0.1, -0.05) is 24.3 Å². The van der Waals surface area contributed by atoms with Gasteiger partial charge in [0.1, 0.15) is 6.61 Å². The Morgan fingerprint density at radius 1 is 1.11 bits per heavy atom. The number of carbonyl (C=O) groups is 2. The highest BCUT2D eigenvalue weighted by Crippen LogP contribution is 2.35. The lowest BCUT2D eigenvalue weighted by molar-refractivity contribution is -0.121. The number of likely N-dealkylation sites (N-methyl/N-ethyl adjacent to an activating group) is 1. The number of rotatable bonds is 8. The third-order valence-corrected chi connectivity index (χ3v) is 6.49. The number of aromatic carboxylic acids is 1. The summed E-state index contributed by atoms with van der Waals surface area (Å²) in [7, 11) is 1.64. The van der Waals surface area contributed by atoms with Crippen molar-refractivity contribution < 1.29 is 24.2 Å². The maximum absolute atomic E-state index is 12.8. The Balaban J connectivity index is 1.54. The molecule has 1 N–H and O–H groups in total. The second-order valence-corrected chi connectivity index (χ2v) is 8.93. The molecule has 1 saturated heterocycles. The molecule has 0 unspecified atom stereocenters. The largest absolute Gasteiger partial charge is 0.490 e. The first-order valence-corrected chi connectivity index (χ1v) is 12.2. The molecule has 9 heteroatoms. The first kappa shape index (κ1) is 25.5. The number of hydrogen-bond acceptors (Lipinski definition) is 7. The lowest BCUT2D eigenvalue weighted by atomic mass is 10.1. The second kappa shape index (κ2) is 11.5. The van der Waals surface area contributed by atoms with E-state index in [0.717, 1.165) is 11.1 Å². The summed E-state index contributed by atoms with van der Waals surface area (Å²) < 4.78 is 11.7. The molecule has 1 fully saturated rings. The zero-order chi connectivity index (χ0) is 26.4. The van der Waals surface area contributed by atoms with Gasteiger partial charge in [0.25, 0.3) is 5.91 Å². The molecule has 37 heavy (non-hydrogen) atoms. The van der Waals surface area contributed by atoms with Gasteiger partial charge in [-0.05, 0) is 72.8 Å². The monoisotopic (exact) mass is 513 g/mol. The summed E-state index contributed by atoms with van der Waals surface area (Å²) >= 11 is 1.23. The van der Waals surface area contributed by atoms with Crippen LogP contribution in [0.3, 0.4) is 0 Å². The number of ether oxygens (including phenoxy) is 2. The van der Waals surface area contributed by atoms with Gasteiger partial charge in [-0.2, -0.15) is 5.26 Å². The molecule has 0 aliphatic carbocycles. The molecule has 4 rings (SSSR count). The van der Waals surface area contributed by atoms with Crippen molar-refractivity contribution >= 4 is 40.6 Å². The van der Waals surface area contributed by atoms with Crippen LogP contribution in [-0.4, -0.2) is 40.7 Å². The molecule has 0 saturated carbocycles. The van der Waals surface area contributed by atoms with Crippen molar-refractivity contribution in [3.05, 3.63) is 93.9 Å². The molecule has 3 aromatic carbocycles. The fraction of sp³-hybridized carbons (Fsp3) is 0.143. The van der Waals surface area contributed by atoms with Gasteiger partial charge in [-0.3, -0.25) is 9.69 Å². The minimum Gasteiger partial charge on any atom is -0.490 e. The van der Waals surface area contributed by atoms with Crippen molar-refractivity contribution in [2.24, 2.45) is 4.99 Å². The van der Waals surface area contributed by atoms with Gasteiger partial charge in [-0.25, -0.2) is 9.79 Å². The van der Waals surface area contributed by atoms with E-state index < -0.39 is 5.97 Å². The van der Waals surface area contributed by atoms with Crippen LogP contribution in [0.2, 0.25) is 0 Å². The van der Waals surface area contributed by atoms with Crippen LogP contribution in [-0.2, 0) is 11.4 Å². The molecule has 1 aliphatic rings. The number of nitrogens with zero attached hydrogens (tertiary/aromatic N) is 3. The van der Waals surface area contributed by atoms with Crippen LogP contribution in [0.1, 0.15) is 34.0 Å². The molecule has 186 valence electrons. The summed E-state index contributed by atoms with van der Waals surface area (Å²) in [6.07, 6.45) is 1.76. The molecular weight excluding hydrogens is 490 g/mol. The van der Waals surface area contributed by atoms with Crippen molar-refractivity contribution in [2.45, 2.75) is 13.5 Å². The highest BCUT2D eigenvalue weighted by atomic mass is 32.2. The zero-order valence-corrected chi connectivity index (χ0v) is 21.0. The number of amidine groups is 1. The third kappa shape index (κ3) is 6.00. The van der Waals surface area contributed by atoms with E-state index >= 15 is 0 Å². The summed E-state index contributed by atoms with van der Waals surface area (Å²) in [5.41, 5.74) is 2.80. The van der Waals surface area contributed by atoms with Crippen molar-refractivity contribution in [3.8, 4) is 17.6 Å². The van der Waals surface area contributed by atoms with Gasteiger partial charge in [0.05, 0.1) is 34.4 Å². The van der Waals surface area contributed by atoms with Crippen molar-refractivity contribution in [3.63, 3.8) is 0 Å². The van der Waals surface area contributed by atoms with Gasteiger partial charge >= 0.3 is 5.97 Å². The second-order valence-electron chi connectivity index (χ2n) is 7.92. The lowest BCUT2D eigenvalue weighted by Gasteiger charge is -2.13. The van der Waals surface area contributed by atoms with Crippen LogP contribution in [0.15, 0.2) is 76.6 Å². The van der Waals surface area contributed by atoms with E-state index in [1.54, 1.807) is 49.5 Å². The highest BCUT2D eigenvalue weighted by Gasteiger charge is 2.30. The SMILES string of the molecule is CCOc1cc(C=C2SC(=Nc3ccc(C(=O)O)cc3)N(C)C2=O)ccc1OCc1ccccc1C#N. The fourth-order valence-electron chi connectivity index (χ4n) is 3.50. The van der Waals surface area contributed by atoms with E-state index in [1.807, 2.05) is 25.1 Å². The number of thioether (sulfide) groups is 1. The normalized spacial score (nSPS) is 15.2. The Morgan fingerprint density at radius 3 is 2.57 bits per heavy atom. The molecular formula is C28H23N3O5S. The van der Waals surface area contributed by atoms with Crippen LogP contribution >= 0.6 is 11.8 Å². The van der Waals surface area contributed by atoms with E-state index in [9.17, 15) is 14.9 Å². The Kier molecular flexibility index (Phi) is 7.91. The molecule has 0 aromatic heterocycles. The summed E-state index contributed by atoms with van der Waals surface area (Å²) in [5.74, 6) is -0.145. The number of benzene rings is 3. The highest BCUT2D eigenvalue weighted by molar-refractivity contribution is 8.18. The summed E-state index contributed by atoms with van der Waals surface area (Å²) in [6.45, 7) is 2.52. The number of carboxylic acids is 1. The average molecular weight is 514 g/mol. The van der Waals surface area contributed by atoms with Crippen LogP contribution < -0.4 is 9.47 Å². The van der Waals surface area contributed by atoms with Gasteiger partial charge in [0.2, 0.25) is 0 Å². The molecule has 0 radical (unpaired) electrons. The first-order chi connectivity index (χ1) is 17.9. The molecule has 0 atom stereocenters. The van der Waals surface area contributed by atoms with Gasteiger partial charge in [0.15, 0.2) is 16.7 Å². The van der Waals surface area contributed by atoms with Gasteiger partial charge in [0, 0.05) is 12.6 Å². The van der Waals surface area contributed by atoms with Crippen molar-refractivity contribution in [2.75, 3.05) is 13.7 Å². The minimum absolute atomic E-state index is 0.167. The molecule has 1 amide bonds. The minimum atomic E-state index is -1.01. The Labute approximate surface area is 218 Å². The Bertz CT molecular complexity index is 1440. The van der Waals surface area contributed by atoms with E-state index in [2.05, 4.69) is 11.1 Å². The van der Waals surface area contributed by atoms with E-state index in [1.165, 1.54) is 28.8 Å². The molecule has 1 heterocycles. The Morgan fingerprint density at radius 2 is 1.86 bits per heavy atom. The summed E-state index contributed by atoms with van der Waals surface area (Å²) in [6, 6.07) is 21.0. The van der Waals surface area contributed by atoms with Crippen LogP contribution in [0, 0.1) is 11.3 Å². The predicted octanol–water partition coefficient (Wildman–Crippen LogP) is 5.47. The maximum Gasteiger partial charge on any atom is 0.335 e. The fourth-order valence-corrected chi connectivity index (χ4v) is 4.49. The molecule has 0 bridgehead atoms. The maximum atomic E-state index is 12.8. The number of carboxylic acid groups (broad SMARTS) is 1. The third-order valence-electron chi connectivity index (χ3n) is 5.43. The van der Waals surface area contributed by atoms with Crippen LogP contribution in [0.25, 0.3) is 6.08 Å². The topological polar surface area (TPSA) is 112 Å². The lowest BCUT2D eigenvalue weighted by Crippen LogP contribution is -2.23. The Hall–Kier alpha value is -4.55. The van der Waals surface area contributed by atoms with Crippen molar-refractivity contribution in [1.29, 1.82) is 5.26 Å². The number of carbonyl (C=O) groups excluding carboxylic acids is 1. The zero-order valence-electron chi connectivity index (χ0n) is 20.2. The number of aliphatic imine (C=N–C) groups is 1. The molecule has 3 aromatic rings. The molecule has 1 aliphatic heterocycles. The van der Waals surface area contributed by atoms with Gasteiger partial charge < -0.3 is 14.6 Å². The van der Waals surface area contributed by atoms with Crippen molar-refractivity contribution in [1.82, 2.24) is 4.90 Å².